The van der Waals surface area contributed by atoms with Crippen molar-refractivity contribution in [1.29, 1.82) is 0 Å². The number of benzene rings is 1. The first-order valence-electron chi connectivity index (χ1n) is 9.17. The standard InChI is InChI=1S/C20H26N2O3S/c1-22(11-10-18-9-5-6-12-24-18)20(23)13-16-15-26-19(21-16)14-25-17-7-3-2-4-8-17/h2-4,7-8,15,18H,5-6,9-14H2,1H3. The third kappa shape index (κ3) is 5.81. The van der Waals surface area contributed by atoms with Crippen molar-refractivity contribution in [3.05, 3.63) is 46.4 Å². The summed E-state index contributed by atoms with van der Waals surface area (Å²) < 4.78 is 11.4. The molecule has 0 spiro atoms. The monoisotopic (exact) mass is 374 g/mol. The third-order valence-corrected chi connectivity index (χ3v) is 5.39. The molecule has 5 nitrogen and oxygen atoms in total. The molecule has 1 aliphatic heterocycles. The smallest absolute Gasteiger partial charge is 0.228 e. The topological polar surface area (TPSA) is 51.7 Å². The van der Waals surface area contributed by atoms with Crippen LogP contribution in [0.2, 0.25) is 0 Å². The third-order valence-electron chi connectivity index (χ3n) is 4.52. The van der Waals surface area contributed by atoms with Crippen molar-refractivity contribution in [3.63, 3.8) is 0 Å². The number of amides is 1. The lowest BCUT2D eigenvalue weighted by molar-refractivity contribution is -0.129. The molecule has 0 radical (unpaired) electrons. The second-order valence-corrected chi connectivity index (χ2v) is 7.55. The van der Waals surface area contributed by atoms with E-state index in [4.69, 9.17) is 9.47 Å². The molecule has 3 rings (SSSR count). The number of thiazole rings is 1. The Hall–Kier alpha value is -1.92. The van der Waals surface area contributed by atoms with Crippen molar-refractivity contribution in [2.24, 2.45) is 0 Å². The lowest BCUT2D eigenvalue weighted by Crippen LogP contribution is -2.32. The predicted octanol–water partition coefficient (Wildman–Crippen LogP) is 3.68. The minimum Gasteiger partial charge on any atom is -0.486 e. The lowest BCUT2D eigenvalue weighted by Gasteiger charge is -2.25. The highest BCUT2D eigenvalue weighted by Crippen LogP contribution is 2.17. The van der Waals surface area contributed by atoms with E-state index in [2.05, 4.69) is 4.98 Å². The molecule has 1 fully saturated rings. The van der Waals surface area contributed by atoms with Gasteiger partial charge in [-0.1, -0.05) is 18.2 Å². The molecular weight excluding hydrogens is 348 g/mol. The first-order valence-corrected chi connectivity index (χ1v) is 10.1. The maximum Gasteiger partial charge on any atom is 0.228 e. The van der Waals surface area contributed by atoms with Gasteiger partial charge in [-0.2, -0.15) is 0 Å². The Balaban J connectivity index is 1.41. The van der Waals surface area contributed by atoms with Crippen molar-refractivity contribution in [2.45, 2.75) is 44.8 Å². The normalized spacial score (nSPS) is 17.0. The van der Waals surface area contributed by atoms with Crippen LogP contribution >= 0.6 is 11.3 Å². The number of likely N-dealkylation sites (N-methyl/N-ethyl adjacent to an activating group) is 1. The molecule has 1 atom stereocenters. The fourth-order valence-corrected chi connectivity index (χ4v) is 3.65. The zero-order valence-corrected chi connectivity index (χ0v) is 16.0. The van der Waals surface area contributed by atoms with E-state index in [1.165, 1.54) is 17.8 Å². The molecule has 0 aliphatic carbocycles. The van der Waals surface area contributed by atoms with Crippen LogP contribution in [-0.4, -0.2) is 42.1 Å². The Morgan fingerprint density at radius 1 is 1.35 bits per heavy atom. The molecule has 1 unspecified atom stereocenters. The summed E-state index contributed by atoms with van der Waals surface area (Å²) in [5.41, 5.74) is 0.812. The van der Waals surface area contributed by atoms with Gasteiger partial charge in [-0.05, 0) is 37.8 Å². The molecule has 1 amide bonds. The van der Waals surface area contributed by atoms with E-state index in [0.29, 0.717) is 19.1 Å². The summed E-state index contributed by atoms with van der Waals surface area (Å²) in [6.45, 7) is 2.02. The van der Waals surface area contributed by atoms with Gasteiger partial charge in [-0.25, -0.2) is 4.98 Å². The van der Waals surface area contributed by atoms with E-state index < -0.39 is 0 Å². The number of carbonyl (C=O) groups is 1. The molecule has 1 aromatic carbocycles. The zero-order valence-electron chi connectivity index (χ0n) is 15.2. The molecule has 1 aliphatic rings. The fraction of sp³-hybridized carbons (Fsp3) is 0.500. The van der Waals surface area contributed by atoms with E-state index in [1.807, 2.05) is 42.8 Å². The molecule has 2 heterocycles. The lowest BCUT2D eigenvalue weighted by atomic mass is 10.1. The van der Waals surface area contributed by atoms with Crippen molar-refractivity contribution in [2.75, 3.05) is 20.2 Å². The Morgan fingerprint density at radius 2 is 2.19 bits per heavy atom. The van der Waals surface area contributed by atoms with E-state index >= 15 is 0 Å². The second-order valence-electron chi connectivity index (χ2n) is 6.60. The molecule has 6 heteroatoms. The summed E-state index contributed by atoms with van der Waals surface area (Å²) in [6.07, 6.45) is 5.05. The van der Waals surface area contributed by atoms with Crippen LogP contribution < -0.4 is 4.74 Å². The average molecular weight is 375 g/mol. The van der Waals surface area contributed by atoms with Crippen molar-refractivity contribution < 1.29 is 14.3 Å². The van der Waals surface area contributed by atoms with Crippen LogP contribution in [0.1, 0.15) is 36.4 Å². The second kappa shape index (κ2) is 9.69. The molecule has 0 N–H and O–H groups in total. The van der Waals surface area contributed by atoms with Crippen LogP contribution in [0, 0.1) is 0 Å². The van der Waals surface area contributed by atoms with E-state index in [9.17, 15) is 4.79 Å². The summed E-state index contributed by atoms with van der Waals surface area (Å²) in [7, 11) is 1.86. The Kier molecular flexibility index (Phi) is 7.03. The fourth-order valence-electron chi connectivity index (χ4n) is 2.95. The van der Waals surface area contributed by atoms with Gasteiger partial charge in [0.15, 0.2) is 0 Å². The average Bonchev–Trinajstić information content (AvgIpc) is 3.13. The number of hydrogen-bond acceptors (Lipinski definition) is 5. The highest BCUT2D eigenvalue weighted by atomic mass is 32.1. The van der Waals surface area contributed by atoms with E-state index in [-0.39, 0.29) is 5.91 Å². The van der Waals surface area contributed by atoms with E-state index in [0.717, 1.165) is 48.9 Å². The molecule has 2 aromatic rings. The summed E-state index contributed by atoms with van der Waals surface area (Å²) >= 11 is 1.53. The van der Waals surface area contributed by atoms with Gasteiger partial charge in [0.1, 0.15) is 17.4 Å². The number of ether oxygens (including phenoxy) is 2. The maximum atomic E-state index is 12.4. The van der Waals surface area contributed by atoms with Gasteiger partial charge >= 0.3 is 0 Å². The van der Waals surface area contributed by atoms with Crippen LogP contribution in [-0.2, 0) is 22.6 Å². The van der Waals surface area contributed by atoms with Gasteiger partial charge in [0.2, 0.25) is 5.91 Å². The number of para-hydroxylation sites is 1. The predicted molar refractivity (Wildman–Crippen MR) is 102 cm³/mol. The number of nitrogens with zero attached hydrogens (tertiary/aromatic N) is 2. The highest BCUT2D eigenvalue weighted by Gasteiger charge is 2.17. The van der Waals surface area contributed by atoms with Crippen LogP contribution in [0.25, 0.3) is 0 Å². The van der Waals surface area contributed by atoms with Crippen LogP contribution in [0.3, 0.4) is 0 Å². The number of hydrogen-bond donors (Lipinski definition) is 0. The van der Waals surface area contributed by atoms with Crippen LogP contribution in [0.5, 0.6) is 5.75 Å². The molecular formula is C20H26N2O3S. The quantitative estimate of drug-likeness (QED) is 0.707. The molecule has 0 bridgehead atoms. The number of rotatable bonds is 8. The highest BCUT2D eigenvalue weighted by molar-refractivity contribution is 7.09. The van der Waals surface area contributed by atoms with Crippen molar-refractivity contribution in [3.8, 4) is 5.75 Å². The summed E-state index contributed by atoms with van der Waals surface area (Å²) in [4.78, 5) is 18.7. The largest absolute Gasteiger partial charge is 0.486 e. The van der Waals surface area contributed by atoms with Crippen molar-refractivity contribution >= 4 is 17.2 Å². The van der Waals surface area contributed by atoms with Gasteiger partial charge in [0, 0.05) is 25.6 Å². The van der Waals surface area contributed by atoms with Gasteiger partial charge < -0.3 is 14.4 Å². The zero-order chi connectivity index (χ0) is 18.2. The minimum atomic E-state index is 0.0987. The number of aromatic nitrogens is 1. The summed E-state index contributed by atoms with van der Waals surface area (Å²) in [5.74, 6) is 0.923. The Morgan fingerprint density at radius 3 is 2.96 bits per heavy atom. The molecule has 1 saturated heterocycles. The summed E-state index contributed by atoms with van der Waals surface area (Å²) in [6, 6.07) is 9.67. The van der Waals surface area contributed by atoms with Crippen molar-refractivity contribution in [1.82, 2.24) is 9.88 Å². The minimum absolute atomic E-state index is 0.0987. The molecule has 26 heavy (non-hydrogen) atoms. The van der Waals surface area contributed by atoms with Gasteiger partial charge in [0.25, 0.3) is 0 Å². The van der Waals surface area contributed by atoms with Gasteiger partial charge in [-0.15, -0.1) is 11.3 Å². The Labute approximate surface area is 159 Å². The molecule has 140 valence electrons. The summed E-state index contributed by atoms with van der Waals surface area (Å²) in [5, 5.41) is 2.83. The Bertz CT molecular complexity index is 683. The van der Waals surface area contributed by atoms with Crippen LogP contribution in [0.15, 0.2) is 35.7 Å². The van der Waals surface area contributed by atoms with Gasteiger partial charge in [0.05, 0.1) is 18.2 Å². The number of carbonyl (C=O) groups excluding carboxylic acids is 1. The SMILES string of the molecule is CN(CCC1CCCCO1)C(=O)Cc1csc(COc2ccccc2)n1. The molecule has 1 aromatic heterocycles. The maximum absolute atomic E-state index is 12.4. The first kappa shape index (κ1) is 18.9. The van der Waals surface area contributed by atoms with Gasteiger partial charge in [-0.3, -0.25) is 4.79 Å². The first-order chi connectivity index (χ1) is 12.7. The van der Waals surface area contributed by atoms with E-state index in [1.54, 1.807) is 4.90 Å². The van der Waals surface area contributed by atoms with Crippen LogP contribution in [0.4, 0.5) is 0 Å². The molecule has 0 saturated carbocycles.